The second-order valence-corrected chi connectivity index (χ2v) is 6.98. The zero-order valence-corrected chi connectivity index (χ0v) is 15.5. The van der Waals surface area contributed by atoms with Crippen LogP contribution in [0.2, 0.25) is 0 Å². The van der Waals surface area contributed by atoms with Crippen LogP contribution in [-0.2, 0) is 9.53 Å². The predicted octanol–water partition coefficient (Wildman–Crippen LogP) is -0.218. The number of benzene rings is 1. The molecule has 0 spiro atoms. The summed E-state index contributed by atoms with van der Waals surface area (Å²) in [5.41, 5.74) is 1.09. The van der Waals surface area contributed by atoms with Crippen molar-refractivity contribution < 1.29 is 14.4 Å². The Bertz CT molecular complexity index is 729. The lowest BCUT2D eigenvalue weighted by atomic mass is 10.0. The largest absolute Gasteiger partial charge is 0.378 e. The lowest BCUT2D eigenvalue weighted by molar-refractivity contribution is -0.923. The van der Waals surface area contributed by atoms with E-state index < -0.39 is 0 Å². The van der Waals surface area contributed by atoms with Crippen molar-refractivity contribution in [3.8, 4) is 0 Å². The maximum absolute atomic E-state index is 13.4. The van der Waals surface area contributed by atoms with E-state index in [2.05, 4.69) is 27.0 Å². The van der Waals surface area contributed by atoms with Gasteiger partial charge in [-0.1, -0.05) is 30.3 Å². The average molecular weight is 368 g/mol. The Morgan fingerprint density at radius 2 is 1.63 bits per heavy atom. The summed E-state index contributed by atoms with van der Waals surface area (Å²) in [6.45, 7) is 6.07. The quantitative estimate of drug-likeness (QED) is 0.809. The van der Waals surface area contributed by atoms with Crippen LogP contribution in [0.15, 0.2) is 48.8 Å². The number of rotatable bonds is 4. The van der Waals surface area contributed by atoms with Gasteiger partial charge >= 0.3 is 0 Å². The second-order valence-electron chi connectivity index (χ2n) is 6.98. The monoisotopic (exact) mass is 368 g/mol. The molecular formula is C20H26N5O2+. The van der Waals surface area contributed by atoms with Gasteiger partial charge in [-0.15, -0.1) is 0 Å². The SMILES string of the molecule is O=C([C@@H](c1ccccc1)[NH+]1CCN(c2ncccn2)CC1)N1CCOCC1. The minimum atomic E-state index is -0.164. The Morgan fingerprint density at radius 1 is 0.963 bits per heavy atom. The lowest BCUT2D eigenvalue weighted by Gasteiger charge is -2.38. The fourth-order valence-electron chi connectivity index (χ4n) is 3.90. The summed E-state index contributed by atoms with van der Waals surface area (Å²) in [7, 11) is 0. The minimum absolute atomic E-state index is 0.164. The Labute approximate surface area is 159 Å². The molecule has 27 heavy (non-hydrogen) atoms. The molecule has 142 valence electrons. The highest BCUT2D eigenvalue weighted by molar-refractivity contribution is 5.82. The third-order valence-electron chi connectivity index (χ3n) is 5.35. The van der Waals surface area contributed by atoms with Crippen LogP contribution >= 0.6 is 0 Å². The first-order valence-corrected chi connectivity index (χ1v) is 9.61. The molecule has 1 atom stereocenters. The molecule has 1 N–H and O–H groups in total. The molecule has 0 saturated carbocycles. The van der Waals surface area contributed by atoms with Gasteiger partial charge in [0.1, 0.15) is 0 Å². The number of quaternary nitrogens is 1. The molecule has 2 aliphatic rings. The van der Waals surface area contributed by atoms with Gasteiger partial charge in [0.2, 0.25) is 5.95 Å². The summed E-state index contributed by atoms with van der Waals surface area (Å²) >= 11 is 0. The van der Waals surface area contributed by atoms with E-state index in [9.17, 15) is 4.79 Å². The van der Waals surface area contributed by atoms with Crippen molar-refractivity contribution in [2.24, 2.45) is 0 Å². The van der Waals surface area contributed by atoms with E-state index in [1.807, 2.05) is 29.2 Å². The molecule has 0 unspecified atom stereocenters. The number of nitrogens with zero attached hydrogens (tertiary/aromatic N) is 4. The number of hydrogen-bond acceptors (Lipinski definition) is 5. The summed E-state index contributed by atoms with van der Waals surface area (Å²) in [6.07, 6.45) is 3.55. The standard InChI is InChI=1S/C20H25N5O2/c26-19(24-13-15-27-16-14-24)18(17-5-2-1-3-6-17)23-9-11-25(12-10-23)20-21-7-4-8-22-20/h1-8,18H,9-16H2/p+1/t18-/m1/s1. The zero-order valence-electron chi connectivity index (χ0n) is 15.5. The normalized spacial score (nSPS) is 19.7. The minimum Gasteiger partial charge on any atom is -0.378 e. The maximum Gasteiger partial charge on any atom is 0.285 e. The van der Waals surface area contributed by atoms with Crippen LogP contribution in [0.1, 0.15) is 11.6 Å². The number of morpholine rings is 1. The number of aromatic nitrogens is 2. The van der Waals surface area contributed by atoms with E-state index in [0.717, 1.165) is 37.7 Å². The second kappa shape index (κ2) is 8.45. The molecule has 2 aliphatic heterocycles. The van der Waals surface area contributed by atoms with Gasteiger partial charge in [-0.3, -0.25) is 4.79 Å². The van der Waals surface area contributed by atoms with Gasteiger partial charge in [0.05, 0.1) is 39.4 Å². The van der Waals surface area contributed by atoms with Crippen molar-refractivity contribution in [2.45, 2.75) is 6.04 Å². The predicted molar refractivity (Wildman–Crippen MR) is 102 cm³/mol. The van der Waals surface area contributed by atoms with Gasteiger partial charge in [0.15, 0.2) is 6.04 Å². The van der Waals surface area contributed by atoms with Crippen LogP contribution in [0.5, 0.6) is 0 Å². The average Bonchev–Trinajstić information content (AvgIpc) is 2.76. The fourth-order valence-corrected chi connectivity index (χ4v) is 3.90. The number of amides is 1. The van der Waals surface area contributed by atoms with Crippen LogP contribution in [0.4, 0.5) is 5.95 Å². The van der Waals surface area contributed by atoms with Crippen LogP contribution < -0.4 is 9.80 Å². The van der Waals surface area contributed by atoms with Gasteiger partial charge < -0.3 is 19.4 Å². The number of anilines is 1. The third-order valence-corrected chi connectivity index (χ3v) is 5.35. The Balaban J connectivity index is 1.50. The zero-order chi connectivity index (χ0) is 18.5. The number of ether oxygens (including phenoxy) is 1. The number of carbonyl (C=O) groups excluding carboxylic acids is 1. The van der Waals surface area contributed by atoms with Gasteiger partial charge in [0, 0.05) is 31.0 Å². The highest BCUT2D eigenvalue weighted by Gasteiger charge is 2.37. The molecule has 7 nitrogen and oxygen atoms in total. The van der Waals surface area contributed by atoms with Crippen LogP contribution in [0.25, 0.3) is 0 Å². The molecular weight excluding hydrogens is 342 g/mol. The molecule has 1 aromatic heterocycles. The molecule has 2 aromatic rings. The molecule has 0 bridgehead atoms. The van der Waals surface area contributed by atoms with E-state index in [0.29, 0.717) is 26.3 Å². The number of piperazine rings is 1. The van der Waals surface area contributed by atoms with Gasteiger partial charge in [-0.05, 0) is 6.07 Å². The highest BCUT2D eigenvalue weighted by Crippen LogP contribution is 2.15. The summed E-state index contributed by atoms with van der Waals surface area (Å²) in [4.78, 5) is 27.5. The van der Waals surface area contributed by atoms with Gasteiger partial charge in [-0.2, -0.15) is 0 Å². The van der Waals surface area contributed by atoms with Crippen molar-refractivity contribution in [1.82, 2.24) is 14.9 Å². The first-order chi connectivity index (χ1) is 13.3. The fraction of sp³-hybridized carbons (Fsp3) is 0.450. The van der Waals surface area contributed by atoms with Crippen molar-refractivity contribution in [2.75, 3.05) is 57.4 Å². The molecule has 1 aromatic carbocycles. The Hall–Kier alpha value is -2.51. The molecule has 0 radical (unpaired) electrons. The molecule has 3 heterocycles. The first-order valence-electron chi connectivity index (χ1n) is 9.61. The topological polar surface area (TPSA) is 63.0 Å². The molecule has 1 amide bonds. The molecule has 2 saturated heterocycles. The van der Waals surface area contributed by atoms with E-state index in [-0.39, 0.29) is 11.9 Å². The maximum atomic E-state index is 13.4. The van der Waals surface area contributed by atoms with Crippen molar-refractivity contribution in [3.05, 3.63) is 54.4 Å². The Kier molecular flexibility index (Phi) is 5.60. The summed E-state index contributed by atoms with van der Waals surface area (Å²) in [5.74, 6) is 0.983. The number of carbonyl (C=O) groups is 1. The van der Waals surface area contributed by atoms with Gasteiger partial charge in [0.25, 0.3) is 5.91 Å². The highest BCUT2D eigenvalue weighted by atomic mass is 16.5. The first kappa shape index (κ1) is 17.9. The molecule has 7 heteroatoms. The number of hydrogen-bond donors (Lipinski definition) is 1. The summed E-state index contributed by atoms with van der Waals surface area (Å²) in [5, 5.41) is 0. The van der Waals surface area contributed by atoms with Crippen molar-refractivity contribution in [1.29, 1.82) is 0 Å². The van der Waals surface area contributed by atoms with E-state index in [1.165, 1.54) is 4.90 Å². The van der Waals surface area contributed by atoms with Crippen molar-refractivity contribution >= 4 is 11.9 Å². The Morgan fingerprint density at radius 3 is 2.30 bits per heavy atom. The third kappa shape index (κ3) is 4.09. The van der Waals surface area contributed by atoms with E-state index in [4.69, 9.17) is 4.74 Å². The van der Waals surface area contributed by atoms with Crippen LogP contribution in [0.3, 0.4) is 0 Å². The van der Waals surface area contributed by atoms with Crippen LogP contribution in [0, 0.1) is 0 Å². The van der Waals surface area contributed by atoms with E-state index >= 15 is 0 Å². The van der Waals surface area contributed by atoms with Crippen LogP contribution in [-0.4, -0.2) is 73.3 Å². The van der Waals surface area contributed by atoms with E-state index in [1.54, 1.807) is 12.4 Å². The lowest BCUT2D eigenvalue weighted by Crippen LogP contribution is -3.16. The van der Waals surface area contributed by atoms with Crippen molar-refractivity contribution in [3.63, 3.8) is 0 Å². The molecule has 0 aliphatic carbocycles. The number of nitrogens with one attached hydrogen (secondary N) is 1. The smallest absolute Gasteiger partial charge is 0.285 e. The summed E-state index contributed by atoms with van der Waals surface area (Å²) < 4.78 is 5.42. The summed E-state index contributed by atoms with van der Waals surface area (Å²) in [6, 6.07) is 11.8. The molecule has 4 rings (SSSR count). The molecule has 2 fully saturated rings. The van der Waals surface area contributed by atoms with Gasteiger partial charge in [-0.25, -0.2) is 9.97 Å².